The summed E-state index contributed by atoms with van der Waals surface area (Å²) < 4.78 is 20.1. The molecule has 0 saturated carbocycles. The lowest BCUT2D eigenvalue weighted by Gasteiger charge is -2.18. The van der Waals surface area contributed by atoms with Crippen molar-refractivity contribution >= 4 is 26.9 Å². The fraction of sp³-hybridized carbons (Fsp3) is 0.250. The summed E-state index contributed by atoms with van der Waals surface area (Å²) >= 11 is 3.37. The molecule has 0 unspecified atom stereocenters. The van der Waals surface area contributed by atoms with Gasteiger partial charge in [-0.3, -0.25) is 4.90 Å². The van der Waals surface area contributed by atoms with Crippen molar-refractivity contribution in [2.24, 2.45) is 0 Å². The molecule has 0 N–H and O–H groups in total. The van der Waals surface area contributed by atoms with Crippen LogP contribution < -0.4 is 5.63 Å². The van der Waals surface area contributed by atoms with Crippen molar-refractivity contribution in [3.63, 3.8) is 0 Å². The molecular weight excluding hydrogens is 385 g/mol. The molecule has 0 fully saturated rings. The van der Waals surface area contributed by atoms with E-state index in [0.717, 1.165) is 26.5 Å². The second-order valence-corrected chi connectivity index (χ2v) is 7.35. The van der Waals surface area contributed by atoms with Gasteiger partial charge in [0.2, 0.25) is 0 Å². The van der Waals surface area contributed by atoms with Crippen molar-refractivity contribution in [3.8, 4) is 0 Å². The minimum Gasteiger partial charge on any atom is -0.423 e. The molecule has 0 aliphatic heterocycles. The van der Waals surface area contributed by atoms with Gasteiger partial charge < -0.3 is 4.42 Å². The predicted molar refractivity (Wildman–Crippen MR) is 101 cm³/mol. The maximum Gasteiger partial charge on any atom is 0.336 e. The van der Waals surface area contributed by atoms with Gasteiger partial charge in [0, 0.05) is 34.6 Å². The van der Waals surface area contributed by atoms with E-state index < -0.39 is 0 Å². The molecule has 25 heavy (non-hydrogen) atoms. The largest absolute Gasteiger partial charge is 0.423 e. The highest BCUT2D eigenvalue weighted by molar-refractivity contribution is 9.10. The van der Waals surface area contributed by atoms with Crippen molar-refractivity contribution in [2.75, 3.05) is 7.05 Å². The highest BCUT2D eigenvalue weighted by atomic mass is 79.9. The normalized spacial score (nSPS) is 11.4. The number of fused-ring (bicyclic) bond motifs is 1. The second kappa shape index (κ2) is 7.10. The van der Waals surface area contributed by atoms with E-state index in [1.54, 1.807) is 12.1 Å². The molecule has 130 valence electrons. The summed E-state index contributed by atoms with van der Waals surface area (Å²) in [6.45, 7) is 4.99. The Morgan fingerprint density at radius 3 is 2.48 bits per heavy atom. The zero-order valence-electron chi connectivity index (χ0n) is 14.4. The Kier molecular flexibility index (Phi) is 5.06. The van der Waals surface area contributed by atoms with Crippen molar-refractivity contribution in [1.29, 1.82) is 0 Å². The molecule has 0 aliphatic rings. The van der Waals surface area contributed by atoms with Gasteiger partial charge in [-0.15, -0.1) is 0 Å². The summed E-state index contributed by atoms with van der Waals surface area (Å²) in [5.74, 6) is -0.237. The average Bonchev–Trinajstić information content (AvgIpc) is 2.53. The SMILES string of the molecule is Cc1cc2oc(=O)cc(CN(C)Cc3cc(Br)ccc3F)c2cc1C. The van der Waals surface area contributed by atoms with Gasteiger partial charge in [-0.05, 0) is 67.9 Å². The molecule has 0 atom stereocenters. The van der Waals surface area contributed by atoms with Gasteiger partial charge in [0.25, 0.3) is 0 Å². The van der Waals surface area contributed by atoms with E-state index in [1.807, 2.05) is 37.9 Å². The zero-order chi connectivity index (χ0) is 18.1. The zero-order valence-corrected chi connectivity index (χ0v) is 16.0. The monoisotopic (exact) mass is 403 g/mol. The fourth-order valence-electron chi connectivity index (χ4n) is 2.92. The molecule has 0 aliphatic carbocycles. The van der Waals surface area contributed by atoms with E-state index in [1.165, 1.54) is 12.1 Å². The molecule has 3 rings (SSSR count). The standard InChI is InChI=1S/C20H19BrFNO2/c1-12-6-17-14(9-20(24)25-19(17)7-13(12)2)10-23(3)11-15-8-16(21)4-5-18(15)22/h4-9H,10-11H2,1-3H3. The number of halogens is 2. The molecule has 1 heterocycles. The van der Waals surface area contributed by atoms with Crippen LogP contribution in [0.2, 0.25) is 0 Å². The first-order chi connectivity index (χ1) is 11.8. The molecule has 3 nitrogen and oxygen atoms in total. The summed E-state index contributed by atoms with van der Waals surface area (Å²) in [5.41, 5.74) is 3.93. The smallest absolute Gasteiger partial charge is 0.336 e. The van der Waals surface area contributed by atoms with Crippen molar-refractivity contribution < 1.29 is 8.81 Å². The van der Waals surface area contributed by atoms with Crippen molar-refractivity contribution in [3.05, 3.63) is 79.4 Å². The van der Waals surface area contributed by atoms with Gasteiger partial charge in [-0.1, -0.05) is 15.9 Å². The molecule has 0 bridgehead atoms. The van der Waals surface area contributed by atoms with E-state index in [0.29, 0.717) is 24.2 Å². The molecule has 5 heteroatoms. The third-order valence-corrected chi connectivity index (χ3v) is 4.83. The van der Waals surface area contributed by atoms with Gasteiger partial charge in [-0.2, -0.15) is 0 Å². The first-order valence-electron chi connectivity index (χ1n) is 8.00. The van der Waals surface area contributed by atoms with Gasteiger partial charge in [0.15, 0.2) is 0 Å². The van der Waals surface area contributed by atoms with E-state index in [-0.39, 0.29) is 11.4 Å². The number of aryl methyl sites for hydroxylation is 2. The summed E-state index contributed by atoms with van der Waals surface area (Å²) in [7, 11) is 1.90. The average molecular weight is 404 g/mol. The quantitative estimate of drug-likeness (QED) is 0.578. The van der Waals surface area contributed by atoms with Crippen LogP contribution in [0.3, 0.4) is 0 Å². The van der Waals surface area contributed by atoms with Crippen LogP contribution in [0.4, 0.5) is 4.39 Å². The molecule has 0 amide bonds. The van der Waals surface area contributed by atoms with Crippen LogP contribution in [-0.2, 0) is 13.1 Å². The molecule has 0 spiro atoms. The van der Waals surface area contributed by atoms with E-state index in [2.05, 4.69) is 15.9 Å². The van der Waals surface area contributed by atoms with Gasteiger partial charge >= 0.3 is 5.63 Å². The van der Waals surface area contributed by atoms with Crippen LogP contribution in [0, 0.1) is 19.7 Å². The third-order valence-electron chi connectivity index (χ3n) is 4.33. The van der Waals surface area contributed by atoms with Crippen LogP contribution >= 0.6 is 15.9 Å². The van der Waals surface area contributed by atoms with E-state index >= 15 is 0 Å². The minimum absolute atomic E-state index is 0.237. The predicted octanol–water partition coefficient (Wildman–Crippen LogP) is 4.94. The van der Waals surface area contributed by atoms with Gasteiger partial charge in [-0.25, -0.2) is 9.18 Å². The van der Waals surface area contributed by atoms with Crippen LogP contribution in [0.5, 0.6) is 0 Å². The first kappa shape index (κ1) is 17.8. The highest BCUT2D eigenvalue weighted by Gasteiger charge is 2.12. The molecule has 0 radical (unpaired) electrons. The van der Waals surface area contributed by atoms with Crippen molar-refractivity contribution in [2.45, 2.75) is 26.9 Å². The summed E-state index contributed by atoms with van der Waals surface area (Å²) in [4.78, 5) is 13.9. The number of benzene rings is 2. The maximum atomic E-state index is 14.0. The number of rotatable bonds is 4. The summed E-state index contributed by atoms with van der Waals surface area (Å²) in [6.07, 6.45) is 0. The Labute approximate surface area is 154 Å². The van der Waals surface area contributed by atoms with Crippen LogP contribution in [0.1, 0.15) is 22.3 Å². The Hall–Kier alpha value is -1.98. The Bertz CT molecular complexity index is 997. The Balaban J connectivity index is 1.93. The number of hydrogen-bond acceptors (Lipinski definition) is 3. The molecule has 0 saturated heterocycles. The topological polar surface area (TPSA) is 33.5 Å². The van der Waals surface area contributed by atoms with E-state index in [9.17, 15) is 9.18 Å². The van der Waals surface area contributed by atoms with Crippen molar-refractivity contribution in [1.82, 2.24) is 4.90 Å². The lowest BCUT2D eigenvalue weighted by molar-refractivity contribution is 0.314. The first-order valence-corrected chi connectivity index (χ1v) is 8.79. The summed E-state index contributed by atoms with van der Waals surface area (Å²) in [6, 6.07) is 10.4. The molecule has 3 aromatic rings. The minimum atomic E-state index is -0.368. The van der Waals surface area contributed by atoms with Gasteiger partial charge in [0.05, 0.1) is 0 Å². The highest BCUT2D eigenvalue weighted by Crippen LogP contribution is 2.23. The van der Waals surface area contributed by atoms with Crippen LogP contribution in [-0.4, -0.2) is 11.9 Å². The lowest BCUT2D eigenvalue weighted by Crippen LogP contribution is -2.19. The molecular formula is C20H19BrFNO2. The molecule has 1 aromatic heterocycles. The second-order valence-electron chi connectivity index (χ2n) is 6.43. The lowest BCUT2D eigenvalue weighted by atomic mass is 10.0. The molecule has 2 aromatic carbocycles. The number of nitrogens with zero attached hydrogens (tertiary/aromatic N) is 1. The van der Waals surface area contributed by atoms with Crippen LogP contribution in [0.25, 0.3) is 11.0 Å². The maximum absolute atomic E-state index is 14.0. The summed E-state index contributed by atoms with van der Waals surface area (Å²) in [5, 5.41) is 0.921. The Morgan fingerprint density at radius 2 is 1.72 bits per heavy atom. The van der Waals surface area contributed by atoms with Gasteiger partial charge in [0.1, 0.15) is 11.4 Å². The number of hydrogen-bond donors (Lipinski definition) is 0. The van der Waals surface area contributed by atoms with E-state index in [4.69, 9.17) is 4.42 Å². The van der Waals surface area contributed by atoms with Crippen LogP contribution in [0.15, 0.2) is 50.1 Å². The fourth-order valence-corrected chi connectivity index (χ4v) is 3.32. The Morgan fingerprint density at radius 1 is 1.04 bits per heavy atom. The third kappa shape index (κ3) is 3.99.